The maximum absolute atomic E-state index is 12.8. The Balaban J connectivity index is 1.60. The van der Waals surface area contributed by atoms with Crippen molar-refractivity contribution >= 4 is 29.0 Å². The molecule has 3 N–H and O–H groups in total. The lowest BCUT2D eigenvalue weighted by Crippen LogP contribution is -2.49. The number of amides is 3. The van der Waals surface area contributed by atoms with Crippen molar-refractivity contribution in [1.29, 1.82) is 0 Å². The number of urea groups is 1. The molecule has 3 amide bonds. The SMILES string of the molecule is Cc1cccc(N2CCN(C(=O)C[C@@H](NC(N)=O)c3cccs3)CC2)c1C. The quantitative estimate of drug-likeness (QED) is 0.829. The number of hydrogen-bond donors (Lipinski definition) is 2. The average molecular weight is 387 g/mol. The van der Waals surface area contributed by atoms with Crippen LogP contribution in [0, 0.1) is 13.8 Å². The van der Waals surface area contributed by atoms with Crippen molar-refractivity contribution in [3.8, 4) is 0 Å². The van der Waals surface area contributed by atoms with Crippen LogP contribution in [0.2, 0.25) is 0 Å². The summed E-state index contributed by atoms with van der Waals surface area (Å²) in [5, 5.41) is 4.62. The second-order valence-electron chi connectivity index (χ2n) is 6.87. The molecule has 1 aromatic heterocycles. The molecule has 1 aliphatic rings. The van der Waals surface area contributed by atoms with Crippen LogP contribution in [0.3, 0.4) is 0 Å². The first-order valence-corrected chi connectivity index (χ1v) is 10.0. The molecule has 27 heavy (non-hydrogen) atoms. The summed E-state index contributed by atoms with van der Waals surface area (Å²) in [7, 11) is 0. The fraction of sp³-hybridized carbons (Fsp3) is 0.400. The van der Waals surface area contributed by atoms with E-state index in [1.54, 1.807) is 0 Å². The molecule has 1 aliphatic heterocycles. The zero-order valence-electron chi connectivity index (χ0n) is 15.8. The zero-order valence-corrected chi connectivity index (χ0v) is 16.6. The van der Waals surface area contributed by atoms with E-state index < -0.39 is 6.03 Å². The molecule has 0 unspecified atom stereocenters. The highest BCUT2D eigenvalue weighted by Crippen LogP contribution is 2.26. The molecular weight excluding hydrogens is 360 g/mol. The Bertz CT molecular complexity index is 798. The van der Waals surface area contributed by atoms with Crippen LogP contribution in [0.15, 0.2) is 35.7 Å². The van der Waals surface area contributed by atoms with Gasteiger partial charge in [0, 0.05) is 36.7 Å². The highest BCUT2D eigenvalue weighted by atomic mass is 32.1. The lowest BCUT2D eigenvalue weighted by molar-refractivity contribution is -0.132. The third kappa shape index (κ3) is 4.60. The number of nitrogens with one attached hydrogen (secondary N) is 1. The second-order valence-corrected chi connectivity index (χ2v) is 7.85. The maximum atomic E-state index is 12.8. The normalized spacial score (nSPS) is 15.5. The van der Waals surface area contributed by atoms with E-state index in [1.807, 2.05) is 22.4 Å². The standard InChI is InChI=1S/C20H26N4O2S/c1-14-5-3-6-17(15(14)2)23-8-10-24(11-9-23)19(25)13-16(22-20(21)26)18-7-4-12-27-18/h3-7,12,16H,8-11,13H2,1-2H3,(H3,21,22,26)/t16-/m1/s1. The molecule has 0 aliphatic carbocycles. The molecular formula is C20H26N4O2S. The van der Waals surface area contributed by atoms with Gasteiger partial charge in [-0.25, -0.2) is 4.79 Å². The highest BCUT2D eigenvalue weighted by Gasteiger charge is 2.26. The fourth-order valence-corrected chi connectivity index (χ4v) is 4.24. The first kappa shape index (κ1) is 19.2. The number of thiophene rings is 1. The van der Waals surface area contributed by atoms with E-state index >= 15 is 0 Å². The van der Waals surface area contributed by atoms with Gasteiger partial charge in [0.15, 0.2) is 0 Å². The van der Waals surface area contributed by atoms with Crippen LogP contribution in [-0.2, 0) is 4.79 Å². The van der Waals surface area contributed by atoms with E-state index in [2.05, 4.69) is 42.3 Å². The van der Waals surface area contributed by atoms with Gasteiger partial charge in [-0.1, -0.05) is 18.2 Å². The first-order valence-electron chi connectivity index (χ1n) is 9.14. The number of hydrogen-bond acceptors (Lipinski definition) is 4. The van der Waals surface area contributed by atoms with E-state index in [1.165, 1.54) is 28.2 Å². The fourth-order valence-electron chi connectivity index (χ4n) is 3.46. The summed E-state index contributed by atoms with van der Waals surface area (Å²) in [6.07, 6.45) is 0.229. The molecule has 1 saturated heterocycles. The number of piperazine rings is 1. The minimum Gasteiger partial charge on any atom is -0.368 e. The summed E-state index contributed by atoms with van der Waals surface area (Å²) in [4.78, 5) is 29.2. The summed E-state index contributed by atoms with van der Waals surface area (Å²) in [6.45, 7) is 7.24. The summed E-state index contributed by atoms with van der Waals surface area (Å²) in [6, 6.07) is 9.18. The van der Waals surface area contributed by atoms with Gasteiger partial charge in [-0.05, 0) is 42.5 Å². The molecule has 2 aromatic rings. The molecule has 1 fully saturated rings. The Kier molecular flexibility index (Phi) is 6.01. The van der Waals surface area contributed by atoms with Crippen molar-refractivity contribution in [2.24, 2.45) is 5.73 Å². The Hall–Kier alpha value is -2.54. The number of primary amides is 1. The lowest BCUT2D eigenvalue weighted by atomic mass is 10.1. The number of carbonyl (C=O) groups is 2. The van der Waals surface area contributed by atoms with Gasteiger partial charge in [0.25, 0.3) is 0 Å². The first-order chi connectivity index (χ1) is 13.0. The molecule has 0 spiro atoms. The van der Waals surface area contributed by atoms with Gasteiger partial charge < -0.3 is 20.9 Å². The molecule has 0 bridgehead atoms. The minimum absolute atomic E-state index is 0.0442. The Morgan fingerprint density at radius 1 is 1.15 bits per heavy atom. The lowest BCUT2D eigenvalue weighted by Gasteiger charge is -2.37. The van der Waals surface area contributed by atoms with Crippen molar-refractivity contribution in [1.82, 2.24) is 10.2 Å². The van der Waals surface area contributed by atoms with Gasteiger partial charge in [0.05, 0.1) is 12.5 Å². The van der Waals surface area contributed by atoms with Gasteiger partial charge >= 0.3 is 6.03 Å². The van der Waals surface area contributed by atoms with Crippen LogP contribution in [0.25, 0.3) is 0 Å². The summed E-state index contributed by atoms with van der Waals surface area (Å²) in [5.41, 5.74) is 9.10. The number of nitrogens with two attached hydrogens (primary N) is 1. The zero-order chi connectivity index (χ0) is 19.4. The minimum atomic E-state index is -0.610. The molecule has 2 heterocycles. The highest BCUT2D eigenvalue weighted by molar-refractivity contribution is 7.10. The van der Waals surface area contributed by atoms with Crippen molar-refractivity contribution in [3.63, 3.8) is 0 Å². The molecule has 1 atom stereocenters. The largest absolute Gasteiger partial charge is 0.368 e. The third-order valence-corrected chi connectivity index (χ3v) is 6.12. The Morgan fingerprint density at radius 2 is 1.89 bits per heavy atom. The van der Waals surface area contributed by atoms with Gasteiger partial charge in [-0.3, -0.25) is 4.79 Å². The molecule has 6 nitrogen and oxygen atoms in total. The van der Waals surface area contributed by atoms with Crippen LogP contribution >= 0.6 is 11.3 Å². The molecule has 7 heteroatoms. The Morgan fingerprint density at radius 3 is 2.52 bits per heavy atom. The summed E-state index contributed by atoms with van der Waals surface area (Å²) < 4.78 is 0. The predicted octanol–water partition coefficient (Wildman–Crippen LogP) is 2.81. The number of carbonyl (C=O) groups excluding carboxylic acids is 2. The molecule has 3 rings (SSSR count). The van der Waals surface area contributed by atoms with Crippen LogP contribution in [-0.4, -0.2) is 43.0 Å². The van der Waals surface area contributed by atoms with Crippen molar-refractivity contribution in [3.05, 3.63) is 51.7 Å². The molecule has 144 valence electrons. The smallest absolute Gasteiger partial charge is 0.312 e. The van der Waals surface area contributed by atoms with Gasteiger partial charge in [0.1, 0.15) is 0 Å². The summed E-state index contributed by atoms with van der Waals surface area (Å²) in [5.74, 6) is 0.0442. The van der Waals surface area contributed by atoms with Crippen LogP contribution in [0.1, 0.15) is 28.5 Å². The van der Waals surface area contributed by atoms with Crippen LogP contribution in [0.5, 0.6) is 0 Å². The predicted molar refractivity (Wildman–Crippen MR) is 109 cm³/mol. The molecule has 0 saturated carbocycles. The number of benzene rings is 1. The number of rotatable bonds is 5. The number of anilines is 1. The summed E-state index contributed by atoms with van der Waals surface area (Å²) >= 11 is 1.51. The maximum Gasteiger partial charge on any atom is 0.312 e. The van der Waals surface area contributed by atoms with E-state index in [0.717, 1.165) is 18.0 Å². The van der Waals surface area contributed by atoms with Crippen molar-refractivity contribution in [2.75, 3.05) is 31.1 Å². The van der Waals surface area contributed by atoms with Gasteiger partial charge in [-0.15, -0.1) is 11.3 Å². The third-order valence-electron chi connectivity index (χ3n) is 5.13. The van der Waals surface area contributed by atoms with E-state index in [4.69, 9.17) is 5.73 Å². The van der Waals surface area contributed by atoms with E-state index in [0.29, 0.717) is 13.1 Å². The Labute approximate surface area is 164 Å². The monoisotopic (exact) mass is 386 g/mol. The van der Waals surface area contributed by atoms with E-state index in [-0.39, 0.29) is 18.4 Å². The topological polar surface area (TPSA) is 78.7 Å². The number of aryl methyl sites for hydroxylation is 1. The van der Waals surface area contributed by atoms with E-state index in [9.17, 15) is 9.59 Å². The number of nitrogens with zero attached hydrogens (tertiary/aromatic N) is 2. The molecule has 0 radical (unpaired) electrons. The van der Waals surface area contributed by atoms with Crippen molar-refractivity contribution < 1.29 is 9.59 Å². The van der Waals surface area contributed by atoms with Crippen LogP contribution in [0.4, 0.5) is 10.5 Å². The average Bonchev–Trinajstić information content (AvgIpc) is 3.18. The van der Waals surface area contributed by atoms with Crippen molar-refractivity contribution in [2.45, 2.75) is 26.3 Å². The van der Waals surface area contributed by atoms with Gasteiger partial charge in [0.2, 0.25) is 5.91 Å². The van der Waals surface area contributed by atoms with Gasteiger partial charge in [-0.2, -0.15) is 0 Å². The second kappa shape index (κ2) is 8.43. The molecule has 1 aromatic carbocycles. The van der Waals surface area contributed by atoms with Crippen LogP contribution < -0.4 is 16.0 Å².